The molecule has 0 saturated heterocycles. The molecule has 2 aliphatic carbocycles. The fourth-order valence-corrected chi connectivity index (χ4v) is 6.36. The molecule has 0 aliphatic heterocycles. The first-order valence-corrected chi connectivity index (χ1v) is 11.4. The summed E-state index contributed by atoms with van der Waals surface area (Å²) in [5, 5.41) is 14.8. The Kier molecular flexibility index (Phi) is 7.81. The monoisotopic (exact) mass is 379 g/mol. The van der Waals surface area contributed by atoms with Crippen molar-refractivity contribution in [2.45, 2.75) is 92.1 Å². The van der Waals surface area contributed by atoms with Crippen LogP contribution in [0.25, 0.3) is 0 Å². The minimum absolute atomic E-state index is 0.0463. The van der Waals surface area contributed by atoms with Crippen LogP contribution in [0.5, 0.6) is 0 Å². The molecule has 2 aliphatic rings. The van der Waals surface area contributed by atoms with Crippen LogP contribution in [-0.2, 0) is 14.6 Å². The number of rotatable bonds is 6. The third kappa shape index (κ3) is 5.08. The molecule has 2 rings (SSSR count). The average molecular weight is 380 g/mol. The zero-order chi connectivity index (χ0) is 20.4. The van der Waals surface area contributed by atoms with E-state index in [1.165, 1.54) is 20.0 Å². The van der Waals surface area contributed by atoms with E-state index in [0.29, 0.717) is 35.5 Å². The van der Waals surface area contributed by atoms with Crippen LogP contribution in [0.4, 0.5) is 0 Å². The molecule has 3 heteroatoms. The van der Waals surface area contributed by atoms with Crippen LogP contribution in [0.3, 0.4) is 0 Å². The standard InChI is InChI=1S/C24H43O3/c1-15(2)19-10-8-17(5)12-21(19)24(26,14-23(25)27-7)22-13-18(6)9-11-20(22)16(3)4/h15-22H,8-14H2,1-7H3. The SMILES string of the molecule is COC(=O)CC([O])(C1CC(C)CCC1C(C)C)C1CC(C)CCC1C(C)C. The van der Waals surface area contributed by atoms with Crippen molar-refractivity contribution in [2.24, 2.45) is 47.3 Å². The van der Waals surface area contributed by atoms with Gasteiger partial charge in [0.1, 0.15) is 5.60 Å². The van der Waals surface area contributed by atoms with Crippen molar-refractivity contribution in [3.8, 4) is 0 Å². The summed E-state index contributed by atoms with van der Waals surface area (Å²) in [6.45, 7) is 13.6. The van der Waals surface area contributed by atoms with E-state index in [-0.39, 0.29) is 24.2 Å². The minimum Gasteiger partial charge on any atom is -0.469 e. The lowest BCUT2D eigenvalue weighted by Gasteiger charge is -2.52. The number of methoxy groups -OCH3 is 1. The lowest BCUT2D eigenvalue weighted by Crippen LogP contribution is -2.55. The van der Waals surface area contributed by atoms with E-state index in [1.54, 1.807) is 0 Å². The zero-order valence-corrected chi connectivity index (χ0v) is 18.8. The first-order valence-electron chi connectivity index (χ1n) is 11.4. The maximum Gasteiger partial charge on any atom is 0.308 e. The summed E-state index contributed by atoms with van der Waals surface area (Å²) in [4.78, 5) is 12.4. The van der Waals surface area contributed by atoms with Gasteiger partial charge in [-0.2, -0.15) is 0 Å². The highest BCUT2D eigenvalue weighted by Crippen LogP contribution is 2.54. The van der Waals surface area contributed by atoms with Crippen molar-refractivity contribution in [2.75, 3.05) is 7.11 Å². The van der Waals surface area contributed by atoms with Gasteiger partial charge in [0.15, 0.2) is 0 Å². The van der Waals surface area contributed by atoms with Crippen LogP contribution >= 0.6 is 0 Å². The Morgan fingerprint density at radius 1 is 0.889 bits per heavy atom. The summed E-state index contributed by atoms with van der Waals surface area (Å²) < 4.78 is 5.03. The largest absolute Gasteiger partial charge is 0.469 e. The molecule has 0 amide bonds. The molecule has 27 heavy (non-hydrogen) atoms. The van der Waals surface area contributed by atoms with E-state index in [9.17, 15) is 9.90 Å². The Balaban J connectivity index is 2.47. The second kappa shape index (κ2) is 9.29. The van der Waals surface area contributed by atoms with Crippen LogP contribution in [-0.4, -0.2) is 18.7 Å². The van der Waals surface area contributed by atoms with Crippen LogP contribution < -0.4 is 0 Å². The van der Waals surface area contributed by atoms with Crippen molar-refractivity contribution >= 4 is 5.97 Å². The molecule has 0 bridgehead atoms. The van der Waals surface area contributed by atoms with Gasteiger partial charge in [0.2, 0.25) is 0 Å². The second-order valence-corrected chi connectivity index (χ2v) is 10.6. The lowest BCUT2D eigenvalue weighted by molar-refractivity contribution is -0.197. The smallest absolute Gasteiger partial charge is 0.308 e. The van der Waals surface area contributed by atoms with Gasteiger partial charge in [-0.1, -0.05) is 54.4 Å². The predicted molar refractivity (Wildman–Crippen MR) is 110 cm³/mol. The number of ether oxygens (including phenoxy) is 1. The third-order valence-corrected chi connectivity index (χ3v) is 7.95. The molecule has 2 fully saturated rings. The summed E-state index contributed by atoms with van der Waals surface area (Å²) in [5.41, 5.74) is -1.19. The van der Waals surface area contributed by atoms with Gasteiger partial charge in [-0.3, -0.25) is 4.79 Å². The number of hydrogen-bond acceptors (Lipinski definition) is 2. The van der Waals surface area contributed by atoms with E-state index >= 15 is 0 Å². The van der Waals surface area contributed by atoms with Crippen LogP contribution in [0.15, 0.2) is 0 Å². The van der Waals surface area contributed by atoms with Gasteiger partial charge in [-0.15, -0.1) is 0 Å². The summed E-state index contributed by atoms with van der Waals surface area (Å²) in [6.07, 6.45) is 6.67. The summed E-state index contributed by atoms with van der Waals surface area (Å²) in [6, 6.07) is 0. The van der Waals surface area contributed by atoms with Crippen LogP contribution in [0.2, 0.25) is 0 Å². The molecule has 6 atom stereocenters. The molecule has 0 spiro atoms. The molecular weight excluding hydrogens is 336 g/mol. The van der Waals surface area contributed by atoms with Crippen molar-refractivity contribution in [3.05, 3.63) is 0 Å². The molecular formula is C24H43O3. The summed E-state index contributed by atoms with van der Waals surface area (Å²) in [7, 11) is 1.43. The molecule has 2 saturated carbocycles. The van der Waals surface area contributed by atoms with Gasteiger partial charge >= 0.3 is 5.97 Å². The number of hydrogen-bond donors (Lipinski definition) is 0. The lowest BCUT2D eigenvalue weighted by atomic mass is 9.54. The van der Waals surface area contributed by atoms with E-state index in [1.807, 2.05) is 0 Å². The summed E-state index contributed by atoms with van der Waals surface area (Å²) in [5.74, 6) is 2.84. The maximum atomic E-state index is 14.8. The van der Waals surface area contributed by atoms with Crippen molar-refractivity contribution in [1.29, 1.82) is 0 Å². The highest BCUT2D eigenvalue weighted by molar-refractivity contribution is 5.70. The number of carbonyl (C=O) groups excluding carboxylic acids is 1. The molecule has 6 unspecified atom stereocenters. The van der Waals surface area contributed by atoms with Crippen LogP contribution in [0, 0.1) is 47.3 Å². The average Bonchev–Trinajstić information content (AvgIpc) is 2.60. The van der Waals surface area contributed by atoms with Gasteiger partial charge in [0, 0.05) is 0 Å². The molecule has 0 N–H and O–H groups in total. The Morgan fingerprint density at radius 3 is 1.63 bits per heavy atom. The summed E-state index contributed by atoms with van der Waals surface area (Å²) >= 11 is 0. The van der Waals surface area contributed by atoms with Gasteiger partial charge in [-0.05, 0) is 73.0 Å². The molecule has 0 aromatic heterocycles. The fraction of sp³-hybridized carbons (Fsp3) is 0.958. The first kappa shape index (κ1) is 22.7. The molecule has 3 nitrogen and oxygen atoms in total. The Hall–Kier alpha value is -0.570. The normalized spacial score (nSPS) is 37.3. The number of carbonyl (C=O) groups is 1. The van der Waals surface area contributed by atoms with Crippen molar-refractivity contribution in [1.82, 2.24) is 0 Å². The molecule has 0 aromatic rings. The Morgan fingerprint density at radius 2 is 1.30 bits per heavy atom. The van der Waals surface area contributed by atoms with E-state index in [0.717, 1.165) is 25.7 Å². The van der Waals surface area contributed by atoms with Gasteiger partial charge < -0.3 is 4.74 Å². The fourth-order valence-electron chi connectivity index (χ4n) is 6.36. The topological polar surface area (TPSA) is 46.2 Å². The maximum absolute atomic E-state index is 14.8. The quantitative estimate of drug-likeness (QED) is 0.521. The highest BCUT2D eigenvalue weighted by atomic mass is 16.5. The number of esters is 1. The molecule has 157 valence electrons. The van der Waals surface area contributed by atoms with E-state index in [4.69, 9.17) is 4.74 Å². The van der Waals surface area contributed by atoms with Crippen LogP contribution in [0.1, 0.15) is 86.5 Å². The Labute approximate surface area is 167 Å². The second-order valence-electron chi connectivity index (χ2n) is 10.6. The van der Waals surface area contributed by atoms with Crippen molar-refractivity contribution < 1.29 is 14.6 Å². The third-order valence-electron chi connectivity index (χ3n) is 7.95. The molecule has 1 radical (unpaired) electrons. The van der Waals surface area contributed by atoms with Crippen molar-refractivity contribution in [3.63, 3.8) is 0 Å². The minimum atomic E-state index is -1.19. The highest BCUT2D eigenvalue weighted by Gasteiger charge is 2.55. The molecule has 0 aromatic carbocycles. The van der Waals surface area contributed by atoms with Gasteiger partial charge in [0.05, 0.1) is 13.5 Å². The van der Waals surface area contributed by atoms with E-state index in [2.05, 4.69) is 41.5 Å². The zero-order valence-electron chi connectivity index (χ0n) is 18.8. The van der Waals surface area contributed by atoms with E-state index < -0.39 is 5.60 Å². The molecule has 0 heterocycles. The first-order chi connectivity index (χ1) is 12.6. The predicted octanol–water partition coefficient (Wildman–Crippen LogP) is 6.14. The van der Waals surface area contributed by atoms with Gasteiger partial charge in [0.25, 0.3) is 0 Å². The van der Waals surface area contributed by atoms with Gasteiger partial charge in [-0.25, -0.2) is 5.11 Å². The Bertz CT molecular complexity index is 452.